The molecule has 0 saturated carbocycles. The molecule has 0 heterocycles. The average Bonchev–Trinajstić information content (AvgIpc) is 2.71. The number of para-hydroxylation sites is 1. The molecule has 2 aromatic rings. The van der Waals surface area contributed by atoms with Crippen LogP contribution in [0.1, 0.15) is 36.2 Å². The molecule has 0 aliphatic heterocycles. The highest BCUT2D eigenvalue weighted by Crippen LogP contribution is 2.19. The number of rotatable bonds is 10. The molecule has 2 aromatic carbocycles. The molecule has 0 bridgehead atoms. The molecule has 0 spiro atoms. The molecular formula is C22H26N2O4S. The average molecular weight is 415 g/mol. The fraction of sp³-hybridized carbons (Fsp3) is 0.318. The van der Waals surface area contributed by atoms with Gasteiger partial charge in [0.2, 0.25) is 10.0 Å². The summed E-state index contributed by atoms with van der Waals surface area (Å²) >= 11 is 0. The minimum Gasteiger partial charge on any atom is -0.493 e. The van der Waals surface area contributed by atoms with Crippen molar-refractivity contribution in [3.8, 4) is 18.1 Å². The van der Waals surface area contributed by atoms with E-state index in [-0.39, 0.29) is 17.3 Å². The summed E-state index contributed by atoms with van der Waals surface area (Å²) in [6, 6.07) is 13.2. The van der Waals surface area contributed by atoms with Gasteiger partial charge in [0.15, 0.2) is 0 Å². The van der Waals surface area contributed by atoms with Crippen LogP contribution in [0, 0.1) is 18.3 Å². The number of sulfonamides is 1. The molecule has 0 unspecified atom stereocenters. The van der Waals surface area contributed by atoms with Crippen LogP contribution in [0.4, 0.5) is 0 Å². The molecule has 29 heavy (non-hydrogen) atoms. The summed E-state index contributed by atoms with van der Waals surface area (Å²) in [6.45, 7) is 5.10. The molecule has 7 heteroatoms. The smallest absolute Gasteiger partial charge is 0.251 e. The Kier molecular flexibility index (Phi) is 8.25. The van der Waals surface area contributed by atoms with Gasteiger partial charge in [-0.1, -0.05) is 38.0 Å². The van der Waals surface area contributed by atoms with Gasteiger partial charge in [0.1, 0.15) is 5.75 Å². The topological polar surface area (TPSA) is 84.5 Å². The van der Waals surface area contributed by atoms with Gasteiger partial charge in [-0.2, -0.15) is 4.72 Å². The van der Waals surface area contributed by atoms with E-state index in [1.54, 1.807) is 0 Å². The first-order valence-electron chi connectivity index (χ1n) is 9.35. The Morgan fingerprint density at radius 2 is 1.83 bits per heavy atom. The molecule has 0 atom stereocenters. The highest BCUT2D eigenvalue weighted by Gasteiger charge is 2.14. The van der Waals surface area contributed by atoms with Gasteiger partial charge in [-0.25, -0.2) is 8.42 Å². The maximum absolute atomic E-state index is 12.4. The van der Waals surface area contributed by atoms with Crippen molar-refractivity contribution in [2.45, 2.75) is 31.7 Å². The predicted octanol–water partition coefficient (Wildman–Crippen LogP) is 2.95. The van der Waals surface area contributed by atoms with Gasteiger partial charge >= 0.3 is 0 Å². The Morgan fingerprint density at radius 1 is 1.14 bits per heavy atom. The highest BCUT2D eigenvalue weighted by atomic mass is 32.2. The zero-order valence-corrected chi connectivity index (χ0v) is 17.5. The van der Waals surface area contributed by atoms with Crippen molar-refractivity contribution < 1.29 is 17.9 Å². The maximum atomic E-state index is 12.4. The molecule has 2 N–H and O–H groups in total. The molecule has 0 aromatic heterocycles. The lowest BCUT2D eigenvalue weighted by Gasteiger charge is -2.13. The highest BCUT2D eigenvalue weighted by molar-refractivity contribution is 7.89. The van der Waals surface area contributed by atoms with E-state index >= 15 is 0 Å². The third kappa shape index (κ3) is 6.93. The molecule has 6 nitrogen and oxygen atoms in total. The molecule has 2 rings (SSSR count). The molecular weight excluding hydrogens is 388 g/mol. The lowest BCUT2D eigenvalue weighted by molar-refractivity contribution is 0.0950. The Labute approximate surface area is 172 Å². The quantitative estimate of drug-likeness (QED) is 0.586. The van der Waals surface area contributed by atoms with Gasteiger partial charge in [-0.15, -0.1) is 6.42 Å². The summed E-state index contributed by atoms with van der Waals surface area (Å²) in [7, 11) is -3.68. The van der Waals surface area contributed by atoms with E-state index < -0.39 is 10.0 Å². The van der Waals surface area contributed by atoms with E-state index in [4.69, 9.17) is 11.2 Å². The van der Waals surface area contributed by atoms with E-state index in [1.807, 2.05) is 24.3 Å². The van der Waals surface area contributed by atoms with E-state index in [0.717, 1.165) is 17.7 Å². The fourth-order valence-electron chi connectivity index (χ4n) is 2.48. The van der Waals surface area contributed by atoms with Crippen molar-refractivity contribution >= 4 is 15.9 Å². The van der Waals surface area contributed by atoms with Crippen LogP contribution in [0.3, 0.4) is 0 Å². The fourth-order valence-corrected chi connectivity index (χ4v) is 3.41. The Bertz CT molecular complexity index is 961. The number of terminal acetylenes is 1. The molecule has 0 aliphatic rings. The van der Waals surface area contributed by atoms with Crippen LogP contribution in [-0.2, 0) is 16.6 Å². The van der Waals surface area contributed by atoms with Gasteiger partial charge in [-0.05, 0) is 42.7 Å². The minimum atomic E-state index is -3.68. The zero-order valence-electron chi connectivity index (χ0n) is 16.6. The molecule has 154 valence electrons. The van der Waals surface area contributed by atoms with Crippen molar-refractivity contribution in [2.75, 3.05) is 13.2 Å². The first-order chi connectivity index (χ1) is 13.8. The lowest BCUT2D eigenvalue weighted by Crippen LogP contribution is -2.25. The monoisotopic (exact) mass is 414 g/mol. The second-order valence-electron chi connectivity index (χ2n) is 6.87. The van der Waals surface area contributed by atoms with Crippen LogP contribution in [0.5, 0.6) is 5.75 Å². The Balaban J connectivity index is 1.99. The molecule has 0 aliphatic carbocycles. The lowest BCUT2D eigenvalue weighted by atomic mass is 10.1. The number of nitrogens with one attached hydrogen (secondary N) is 2. The van der Waals surface area contributed by atoms with Gasteiger partial charge in [0.05, 0.1) is 18.0 Å². The van der Waals surface area contributed by atoms with Crippen LogP contribution in [0.15, 0.2) is 53.4 Å². The molecule has 0 saturated heterocycles. The van der Waals surface area contributed by atoms with E-state index in [9.17, 15) is 13.2 Å². The summed E-state index contributed by atoms with van der Waals surface area (Å²) in [5.41, 5.74) is 1.24. The zero-order chi connectivity index (χ0) is 21.3. The number of hydrogen-bond acceptors (Lipinski definition) is 4. The van der Waals surface area contributed by atoms with Crippen molar-refractivity contribution in [3.05, 3.63) is 59.7 Å². The normalized spacial score (nSPS) is 11.1. The number of carbonyl (C=O) groups is 1. The van der Waals surface area contributed by atoms with Gasteiger partial charge in [-0.3, -0.25) is 4.79 Å². The van der Waals surface area contributed by atoms with E-state index in [2.05, 4.69) is 29.8 Å². The molecule has 0 radical (unpaired) electrons. The van der Waals surface area contributed by atoms with Crippen molar-refractivity contribution in [1.82, 2.24) is 10.0 Å². The first-order valence-corrected chi connectivity index (χ1v) is 10.8. The van der Waals surface area contributed by atoms with Crippen LogP contribution in [0.25, 0.3) is 0 Å². The van der Waals surface area contributed by atoms with Gasteiger partial charge < -0.3 is 10.1 Å². The third-order valence-electron chi connectivity index (χ3n) is 4.16. The van der Waals surface area contributed by atoms with Gasteiger partial charge in [0, 0.05) is 17.7 Å². The standard InChI is InChI=1S/C22H26N2O4S/c1-4-14-24-29(26,27)20-11-9-18(10-12-20)22(25)23-16-19-7-5-6-8-21(19)28-15-13-17(2)3/h1,5-12,17,24H,13-16H2,2-3H3,(H,23,25). The van der Waals surface area contributed by atoms with Crippen molar-refractivity contribution in [1.29, 1.82) is 0 Å². The number of hydrogen-bond donors (Lipinski definition) is 2. The minimum absolute atomic E-state index is 0.0493. The third-order valence-corrected chi connectivity index (χ3v) is 5.57. The Hall–Kier alpha value is -2.82. The largest absolute Gasteiger partial charge is 0.493 e. The second-order valence-corrected chi connectivity index (χ2v) is 8.64. The van der Waals surface area contributed by atoms with E-state index in [1.165, 1.54) is 24.3 Å². The first kappa shape index (κ1) is 22.5. The number of amides is 1. The Morgan fingerprint density at radius 3 is 2.48 bits per heavy atom. The summed E-state index contributed by atoms with van der Waals surface area (Å²) in [4.78, 5) is 12.5. The molecule has 1 amide bonds. The number of ether oxygens (including phenoxy) is 1. The summed E-state index contributed by atoms with van der Waals surface area (Å²) < 4.78 is 32.2. The maximum Gasteiger partial charge on any atom is 0.251 e. The van der Waals surface area contributed by atoms with Gasteiger partial charge in [0.25, 0.3) is 5.91 Å². The predicted molar refractivity (Wildman–Crippen MR) is 113 cm³/mol. The summed E-state index contributed by atoms with van der Waals surface area (Å²) in [5.74, 6) is 3.21. The second kappa shape index (κ2) is 10.6. The number of benzene rings is 2. The SMILES string of the molecule is C#CCNS(=O)(=O)c1ccc(C(=O)NCc2ccccc2OCCC(C)C)cc1. The van der Waals surface area contributed by atoms with Crippen molar-refractivity contribution in [3.63, 3.8) is 0 Å². The van der Waals surface area contributed by atoms with Crippen LogP contribution < -0.4 is 14.8 Å². The summed E-state index contributed by atoms with van der Waals surface area (Å²) in [6.07, 6.45) is 6.02. The van der Waals surface area contributed by atoms with Crippen LogP contribution in [-0.4, -0.2) is 27.5 Å². The van der Waals surface area contributed by atoms with Crippen LogP contribution in [0.2, 0.25) is 0 Å². The molecule has 0 fully saturated rings. The van der Waals surface area contributed by atoms with E-state index in [0.29, 0.717) is 24.6 Å². The van der Waals surface area contributed by atoms with Crippen molar-refractivity contribution in [2.24, 2.45) is 5.92 Å². The van der Waals surface area contributed by atoms with Crippen LogP contribution >= 0.6 is 0 Å². The number of carbonyl (C=O) groups excluding carboxylic acids is 1. The summed E-state index contributed by atoms with van der Waals surface area (Å²) in [5, 5.41) is 2.84.